The number of carbonyl (C=O) groups is 5. The summed E-state index contributed by atoms with van der Waals surface area (Å²) in [6.45, 7) is -0.557. The Bertz CT molecular complexity index is 1710. The number of β-amino-alcohol motifs (C(OH)–C–C–N with tert-alkyl or cyclic N) is 1. The van der Waals surface area contributed by atoms with E-state index >= 15 is 0 Å². The van der Waals surface area contributed by atoms with Crippen LogP contribution < -0.4 is 38.9 Å². The average molecular weight is 695 g/mol. The van der Waals surface area contributed by atoms with Crippen LogP contribution in [0.15, 0.2) is 59.7 Å². The minimum absolute atomic E-state index is 0.0494. The number of amides is 5. The van der Waals surface area contributed by atoms with E-state index in [1.807, 2.05) is 24.3 Å². The Morgan fingerprint density at radius 3 is 2.42 bits per heavy atom. The van der Waals surface area contributed by atoms with E-state index in [1.54, 1.807) is 6.20 Å². The maximum Gasteiger partial charge on any atom is 0.243 e. The summed E-state index contributed by atoms with van der Waals surface area (Å²) in [6, 6.07) is 8.42. The van der Waals surface area contributed by atoms with E-state index in [-0.39, 0.29) is 51.2 Å². The highest BCUT2D eigenvalue weighted by Crippen LogP contribution is 2.21. The first kappa shape index (κ1) is 37.3. The highest BCUT2D eigenvalue weighted by atomic mass is 19.1. The molecule has 17 heteroatoms. The number of H-pyrrole nitrogens is 1. The number of benzene rings is 2. The molecule has 13 N–H and O–H groups in total. The number of aliphatic hydroxyl groups excluding tert-OH is 1. The van der Waals surface area contributed by atoms with E-state index < -0.39 is 72.2 Å². The number of primary amides is 1. The van der Waals surface area contributed by atoms with Crippen LogP contribution in [0.2, 0.25) is 0 Å². The Morgan fingerprint density at radius 1 is 1.00 bits per heavy atom. The van der Waals surface area contributed by atoms with Crippen molar-refractivity contribution in [2.45, 2.75) is 62.4 Å². The molecular formula is C33H43FN10O6. The van der Waals surface area contributed by atoms with Gasteiger partial charge in [0.15, 0.2) is 5.96 Å². The number of para-hydroxylation sites is 1. The highest BCUT2D eigenvalue weighted by molar-refractivity contribution is 5.95. The fourth-order valence-corrected chi connectivity index (χ4v) is 5.80. The van der Waals surface area contributed by atoms with Crippen molar-refractivity contribution in [3.05, 3.63) is 71.7 Å². The molecule has 0 unspecified atom stereocenters. The Kier molecular flexibility index (Phi) is 12.8. The Hall–Kier alpha value is -5.55. The van der Waals surface area contributed by atoms with Gasteiger partial charge in [-0.25, -0.2) is 4.39 Å². The molecule has 5 amide bonds. The summed E-state index contributed by atoms with van der Waals surface area (Å²) in [6.07, 6.45) is 1.09. The van der Waals surface area contributed by atoms with Gasteiger partial charge in [0.25, 0.3) is 0 Å². The van der Waals surface area contributed by atoms with Gasteiger partial charge in [-0.05, 0) is 48.6 Å². The Labute approximate surface area is 287 Å². The van der Waals surface area contributed by atoms with Crippen molar-refractivity contribution in [2.24, 2.45) is 27.9 Å². The zero-order valence-corrected chi connectivity index (χ0v) is 27.3. The van der Waals surface area contributed by atoms with E-state index in [1.165, 1.54) is 24.3 Å². The van der Waals surface area contributed by atoms with Gasteiger partial charge >= 0.3 is 0 Å². The number of nitrogens with one attached hydrogen (secondary N) is 4. The van der Waals surface area contributed by atoms with E-state index in [0.29, 0.717) is 5.56 Å². The minimum Gasteiger partial charge on any atom is -0.391 e. The molecule has 0 bridgehead atoms. The maximum atomic E-state index is 13.5. The summed E-state index contributed by atoms with van der Waals surface area (Å²) in [7, 11) is 0. The highest BCUT2D eigenvalue weighted by Gasteiger charge is 2.41. The molecule has 0 spiro atoms. The first-order valence-electron chi connectivity index (χ1n) is 16.1. The van der Waals surface area contributed by atoms with E-state index in [9.17, 15) is 33.5 Å². The van der Waals surface area contributed by atoms with Gasteiger partial charge in [-0.15, -0.1) is 0 Å². The van der Waals surface area contributed by atoms with Gasteiger partial charge in [0.1, 0.15) is 23.9 Å². The number of nitrogens with two attached hydrogens (primary N) is 4. The van der Waals surface area contributed by atoms with Crippen LogP contribution in [0, 0.1) is 5.82 Å². The summed E-state index contributed by atoms with van der Waals surface area (Å²) < 4.78 is 13.3. The fourth-order valence-electron chi connectivity index (χ4n) is 5.80. The Balaban J connectivity index is 1.38. The van der Waals surface area contributed by atoms with Gasteiger partial charge in [-0.3, -0.25) is 29.0 Å². The molecule has 5 atom stereocenters. The van der Waals surface area contributed by atoms with E-state index in [4.69, 9.17) is 22.9 Å². The zero-order valence-electron chi connectivity index (χ0n) is 27.3. The second kappa shape index (κ2) is 17.2. The van der Waals surface area contributed by atoms with Gasteiger partial charge in [0.05, 0.1) is 18.7 Å². The number of fused-ring (bicyclic) bond motifs is 1. The third-order valence-electron chi connectivity index (χ3n) is 8.33. The molecule has 50 heavy (non-hydrogen) atoms. The largest absolute Gasteiger partial charge is 0.391 e. The van der Waals surface area contributed by atoms with Crippen LogP contribution in [-0.2, 0) is 36.8 Å². The molecule has 1 saturated heterocycles. The Morgan fingerprint density at radius 2 is 1.72 bits per heavy atom. The van der Waals surface area contributed by atoms with Gasteiger partial charge in [-0.2, -0.15) is 0 Å². The number of halogens is 1. The lowest BCUT2D eigenvalue weighted by atomic mass is 10.0. The number of carbonyl (C=O) groups excluding carboxylic acids is 5. The molecule has 0 saturated carbocycles. The van der Waals surface area contributed by atoms with Crippen molar-refractivity contribution in [2.75, 3.05) is 19.6 Å². The lowest BCUT2D eigenvalue weighted by Gasteiger charge is -2.28. The molecule has 0 radical (unpaired) electrons. The number of rotatable bonds is 16. The van der Waals surface area contributed by atoms with E-state index in [2.05, 4.69) is 25.9 Å². The van der Waals surface area contributed by atoms with Crippen LogP contribution in [0.4, 0.5) is 4.39 Å². The molecule has 2 heterocycles. The van der Waals surface area contributed by atoms with Crippen LogP contribution in [0.1, 0.15) is 30.4 Å². The van der Waals surface area contributed by atoms with Crippen molar-refractivity contribution in [1.29, 1.82) is 0 Å². The summed E-state index contributed by atoms with van der Waals surface area (Å²) >= 11 is 0. The molecule has 1 aliphatic heterocycles. The molecule has 1 fully saturated rings. The molecule has 16 nitrogen and oxygen atoms in total. The number of likely N-dealkylation sites (tertiary alicyclic amines) is 1. The third-order valence-corrected chi connectivity index (χ3v) is 8.33. The first-order valence-corrected chi connectivity index (χ1v) is 16.1. The predicted molar refractivity (Wildman–Crippen MR) is 182 cm³/mol. The number of aliphatic hydroxyl groups is 1. The van der Waals surface area contributed by atoms with Gasteiger partial charge in [-0.1, -0.05) is 30.3 Å². The van der Waals surface area contributed by atoms with Crippen LogP contribution in [0.3, 0.4) is 0 Å². The first-order chi connectivity index (χ1) is 23.8. The summed E-state index contributed by atoms with van der Waals surface area (Å²) in [4.78, 5) is 73.3. The van der Waals surface area contributed by atoms with Crippen molar-refractivity contribution in [3.63, 3.8) is 0 Å². The summed E-state index contributed by atoms with van der Waals surface area (Å²) in [5.41, 5.74) is 24.7. The minimum atomic E-state index is -1.19. The number of nitrogens with zero attached hydrogens (tertiary/aromatic N) is 2. The molecule has 2 aromatic carbocycles. The summed E-state index contributed by atoms with van der Waals surface area (Å²) in [5, 5.41) is 18.9. The molecular weight excluding hydrogens is 651 g/mol. The van der Waals surface area contributed by atoms with Crippen molar-refractivity contribution in [1.82, 2.24) is 25.8 Å². The van der Waals surface area contributed by atoms with Crippen LogP contribution in [-0.4, -0.2) is 100 Å². The second-order valence-electron chi connectivity index (χ2n) is 12.1. The third kappa shape index (κ3) is 10.2. The zero-order chi connectivity index (χ0) is 36.4. The van der Waals surface area contributed by atoms with Gasteiger partial charge in [0, 0.05) is 43.0 Å². The van der Waals surface area contributed by atoms with Crippen LogP contribution in [0.25, 0.3) is 10.9 Å². The SMILES string of the molecule is NC(=O)[C@H](Cc1c[nH]c2ccccc12)NC(=O)CNC(=O)[C@H](CCCN=C(N)N)NC(=O)[C@@H]1C[C@@H](O)CN1C(=O)[C@@H](N)Cc1ccc(F)cc1. The smallest absolute Gasteiger partial charge is 0.243 e. The maximum absolute atomic E-state index is 13.5. The lowest BCUT2D eigenvalue weighted by Crippen LogP contribution is -2.56. The summed E-state index contributed by atoms with van der Waals surface area (Å²) in [5.74, 6) is -4.12. The number of hydrogen-bond acceptors (Lipinski definition) is 8. The average Bonchev–Trinajstić information content (AvgIpc) is 3.68. The quantitative estimate of drug-likeness (QED) is 0.0455. The van der Waals surface area contributed by atoms with Gasteiger partial charge < -0.3 is 53.9 Å². The molecule has 1 aromatic heterocycles. The number of aliphatic imine (C=N–C) groups is 1. The lowest BCUT2D eigenvalue weighted by molar-refractivity contribution is -0.140. The van der Waals surface area contributed by atoms with Crippen LogP contribution in [0.5, 0.6) is 0 Å². The molecule has 0 aliphatic carbocycles. The molecule has 268 valence electrons. The topological polar surface area (TPSA) is 277 Å². The fraction of sp³-hybridized carbons (Fsp3) is 0.394. The van der Waals surface area contributed by atoms with Crippen molar-refractivity contribution >= 4 is 46.4 Å². The number of aromatic amines is 1. The predicted octanol–water partition coefficient (Wildman–Crippen LogP) is -1.99. The molecule has 1 aliphatic rings. The normalized spacial score (nSPS) is 17.4. The monoisotopic (exact) mass is 694 g/mol. The van der Waals surface area contributed by atoms with Gasteiger partial charge in [0.2, 0.25) is 29.5 Å². The van der Waals surface area contributed by atoms with E-state index in [0.717, 1.165) is 21.4 Å². The number of guanidine groups is 1. The molecule has 4 rings (SSSR count). The number of aromatic nitrogens is 1. The standard InChI is InChI=1S/C33H43FN10O6/c34-20-9-7-18(8-10-20)12-23(35)32(50)44-17-21(45)14-27(44)31(49)43-25(6-3-11-39-33(37)38)30(48)41-16-28(46)42-26(29(36)47)13-19-15-40-24-5-2-1-4-22(19)24/h1-2,4-5,7-10,15,21,23,25-27,40,45H,3,6,11-14,16-17,35H2,(H2,36,47)(H,41,48)(H,42,46)(H,43,49)(H4,37,38,39)/t21-,23+,25+,26+,27+/m1/s1. The van der Waals surface area contributed by atoms with Crippen molar-refractivity contribution < 1.29 is 33.5 Å². The van der Waals surface area contributed by atoms with Crippen LogP contribution >= 0.6 is 0 Å². The number of hydrogen-bond donors (Lipinski definition) is 9. The second-order valence-corrected chi connectivity index (χ2v) is 12.1. The van der Waals surface area contributed by atoms with Crippen molar-refractivity contribution in [3.8, 4) is 0 Å². The molecule has 3 aromatic rings.